The molecule has 1 aromatic carbocycles. The van der Waals surface area contributed by atoms with Crippen LogP contribution in [0.15, 0.2) is 30.3 Å². The Balaban J connectivity index is 1.54. The van der Waals surface area contributed by atoms with Gasteiger partial charge in [0.15, 0.2) is 12.6 Å². The molecular weight excluding hydrogens is 435 g/mol. The first-order chi connectivity index (χ1) is 13.8. The van der Waals surface area contributed by atoms with Gasteiger partial charge in [-0.3, -0.25) is 0 Å². The molecule has 3 saturated heterocycles. The maximum absolute atomic E-state index is 10.9. The number of aliphatic hydroxyl groups is 1. The first-order valence-electron chi connectivity index (χ1n) is 9.56. The molecule has 0 spiro atoms. The van der Waals surface area contributed by atoms with Crippen molar-refractivity contribution in [1.29, 1.82) is 0 Å². The molecule has 3 aliphatic rings. The average Bonchev–Trinajstić information content (AvgIpc) is 2.73. The fraction of sp³-hybridized carbons (Fsp3) is 0.684. The standard InChI is InChI=1S/C19H27O7PS2/c1-19(2)10-23-27(28,24-11-19)29-16-14(20)18(21-3)25-13-9-22-17(26-15(13)16)12-7-5-4-6-8-12/h4-8,13-18,20H,9-11H2,1-3H3/t13-,14-,15+,16+,17?,18+/m1/s1. The van der Waals surface area contributed by atoms with Crippen molar-refractivity contribution < 1.29 is 33.1 Å². The van der Waals surface area contributed by atoms with Crippen LogP contribution in [0.5, 0.6) is 0 Å². The lowest BCUT2D eigenvalue weighted by Crippen LogP contribution is -2.60. The van der Waals surface area contributed by atoms with E-state index in [1.54, 1.807) is 0 Å². The maximum Gasteiger partial charge on any atom is 0.247 e. The van der Waals surface area contributed by atoms with Crippen LogP contribution in [0.1, 0.15) is 25.7 Å². The molecule has 4 rings (SSSR count). The zero-order valence-corrected chi connectivity index (χ0v) is 19.2. The Labute approximate surface area is 180 Å². The summed E-state index contributed by atoms with van der Waals surface area (Å²) in [6, 6.07) is 9.70. The molecule has 162 valence electrons. The van der Waals surface area contributed by atoms with Crippen molar-refractivity contribution in [1.82, 2.24) is 0 Å². The molecular formula is C19H27O7PS2. The number of ether oxygens (including phenoxy) is 4. The number of rotatable bonds is 4. The second kappa shape index (κ2) is 8.82. The van der Waals surface area contributed by atoms with Gasteiger partial charge in [-0.25, -0.2) is 0 Å². The lowest BCUT2D eigenvalue weighted by Gasteiger charge is -2.48. The van der Waals surface area contributed by atoms with Gasteiger partial charge in [-0.05, 0) is 11.8 Å². The van der Waals surface area contributed by atoms with E-state index in [0.717, 1.165) is 5.56 Å². The van der Waals surface area contributed by atoms with Crippen LogP contribution in [-0.4, -0.2) is 61.9 Å². The quantitative estimate of drug-likeness (QED) is 0.679. The minimum atomic E-state index is -2.63. The van der Waals surface area contributed by atoms with Crippen molar-refractivity contribution in [3.63, 3.8) is 0 Å². The van der Waals surface area contributed by atoms with Crippen molar-refractivity contribution in [3.05, 3.63) is 35.9 Å². The lowest BCUT2D eigenvalue weighted by atomic mass is 9.97. The number of benzene rings is 1. The summed E-state index contributed by atoms with van der Waals surface area (Å²) >= 11 is 7.08. The van der Waals surface area contributed by atoms with Crippen LogP contribution < -0.4 is 0 Å². The average molecular weight is 463 g/mol. The normalized spacial score (nSPS) is 38.9. The van der Waals surface area contributed by atoms with E-state index >= 15 is 0 Å². The van der Waals surface area contributed by atoms with Crippen molar-refractivity contribution in [3.8, 4) is 0 Å². The van der Waals surface area contributed by atoms with Gasteiger partial charge in [-0.2, -0.15) is 0 Å². The minimum absolute atomic E-state index is 0.0810. The van der Waals surface area contributed by atoms with Crippen LogP contribution in [0.25, 0.3) is 0 Å². The van der Waals surface area contributed by atoms with Gasteiger partial charge in [-0.15, -0.1) is 0 Å². The summed E-state index contributed by atoms with van der Waals surface area (Å²) in [5, 5.41) is 10.5. The van der Waals surface area contributed by atoms with Crippen LogP contribution in [-0.2, 0) is 39.8 Å². The number of fused-ring (bicyclic) bond motifs is 1. The van der Waals surface area contributed by atoms with E-state index < -0.39 is 35.7 Å². The second-order valence-electron chi connectivity index (χ2n) is 8.17. The highest BCUT2D eigenvalue weighted by Gasteiger charge is 2.52. The van der Waals surface area contributed by atoms with Crippen LogP contribution in [0.3, 0.4) is 0 Å². The van der Waals surface area contributed by atoms with E-state index in [0.29, 0.717) is 19.8 Å². The van der Waals surface area contributed by atoms with Crippen molar-refractivity contribution >= 4 is 28.9 Å². The fourth-order valence-corrected chi connectivity index (χ4v) is 9.10. The molecule has 3 aliphatic heterocycles. The van der Waals surface area contributed by atoms with Crippen molar-refractivity contribution in [2.75, 3.05) is 26.9 Å². The Morgan fingerprint density at radius 1 is 1.17 bits per heavy atom. The van der Waals surface area contributed by atoms with Crippen LogP contribution in [0.4, 0.5) is 0 Å². The van der Waals surface area contributed by atoms with Crippen LogP contribution in [0.2, 0.25) is 0 Å². The van der Waals surface area contributed by atoms with E-state index in [9.17, 15) is 5.11 Å². The van der Waals surface area contributed by atoms with E-state index in [-0.39, 0.29) is 11.5 Å². The molecule has 1 N–H and O–H groups in total. The molecule has 0 amide bonds. The third-order valence-corrected chi connectivity index (χ3v) is 10.6. The van der Waals surface area contributed by atoms with Crippen molar-refractivity contribution in [2.45, 2.75) is 50.0 Å². The maximum atomic E-state index is 10.9. The zero-order chi connectivity index (χ0) is 20.6. The Hall–Kier alpha value is -0.0600. The zero-order valence-electron chi connectivity index (χ0n) is 16.6. The molecule has 29 heavy (non-hydrogen) atoms. The van der Waals surface area contributed by atoms with Gasteiger partial charge >= 0.3 is 0 Å². The number of hydrogen-bond donors (Lipinski definition) is 1. The third-order valence-electron chi connectivity index (χ3n) is 5.09. The SMILES string of the molecule is CO[C@H]1O[C@@H]2COC(c3ccccc3)O[C@@H]2[C@@H](SP2(=S)OCC(C)(C)CO2)[C@H]1O. The highest BCUT2D eigenvalue weighted by molar-refractivity contribution is 8.68. The monoisotopic (exact) mass is 462 g/mol. The Morgan fingerprint density at radius 2 is 1.86 bits per heavy atom. The van der Waals surface area contributed by atoms with Crippen molar-refractivity contribution in [2.24, 2.45) is 5.41 Å². The second-order valence-corrected chi connectivity index (χ2v) is 14.6. The van der Waals surface area contributed by atoms with E-state index in [1.165, 1.54) is 18.5 Å². The fourth-order valence-electron chi connectivity index (χ4n) is 3.45. The molecule has 0 aliphatic carbocycles. The molecule has 3 heterocycles. The van der Waals surface area contributed by atoms with Gasteiger partial charge in [0, 0.05) is 18.1 Å². The van der Waals surface area contributed by atoms with Gasteiger partial charge in [0.05, 0.1) is 25.1 Å². The number of hydrogen-bond acceptors (Lipinski definition) is 9. The predicted molar refractivity (Wildman–Crippen MR) is 113 cm³/mol. The molecule has 1 aromatic rings. The summed E-state index contributed by atoms with van der Waals surface area (Å²) < 4.78 is 35.3. The summed E-state index contributed by atoms with van der Waals surface area (Å²) in [5.41, 5.74) is -1.80. The smallest absolute Gasteiger partial charge is 0.247 e. The number of methoxy groups -OCH3 is 1. The molecule has 3 fully saturated rings. The topological polar surface area (TPSA) is 75.6 Å². The molecule has 0 radical (unpaired) electrons. The van der Waals surface area contributed by atoms with Gasteiger partial charge < -0.3 is 33.1 Å². The first kappa shape index (κ1) is 22.1. The summed E-state index contributed by atoms with van der Waals surface area (Å²) in [4.78, 5) is 0. The summed E-state index contributed by atoms with van der Waals surface area (Å²) in [7, 11) is 1.50. The molecule has 7 nitrogen and oxygen atoms in total. The number of aliphatic hydroxyl groups excluding tert-OH is 1. The Kier molecular flexibility index (Phi) is 6.74. The van der Waals surface area contributed by atoms with Gasteiger partial charge in [-0.1, -0.05) is 55.6 Å². The Morgan fingerprint density at radius 3 is 2.52 bits per heavy atom. The lowest BCUT2D eigenvalue weighted by molar-refractivity contribution is -0.330. The van der Waals surface area contributed by atoms with Gasteiger partial charge in [0.25, 0.3) is 0 Å². The molecule has 0 aromatic heterocycles. The first-order valence-corrected chi connectivity index (χ1v) is 13.7. The van der Waals surface area contributed by atoms with Gasteiger partial charge in [0.2, 0.25) is 5.69 Å². The highest BCUT2D eigenvalue weighted by Crippen LogP contribution is 2.67. The summed E-state index contributed by atoms with van der Waals surface area (Å²) in [6.45, 7) is 5.52. The van der Waals surface area contributed by atoms with E-state index in [2.05, 4.69) is 13.8 Å². The summed E-state index contributed by atoms with van der Waals surface area (Å²) in [6.07, 6.45) is -3.10. The molecule has 6 atom stereocenters. The Bertz CT molecular complexity index is 735. The van der Waals surface area contributed by atoms with Crippen LogP contribution in [0, 0.1) is 5.41 Å². The largest absolute Gasteiger partial charge is 0.387 e. The van der Waals surface area contributed by atoms with E-state index in [1.807, 2.05) is 30.3 Å². The molecule has 10 heteroatoms. The predicted octanol–water partition coefficient (Wildman–Crippen LogP) is 3.23. The van der Waals surface area contributed by atoms with E-state index in [4.69, 9.17) is 39.8 Å². The highest BCUT2D eigenvalue weighted by atomic mass is 32.9. The third kappa shape index (κ3) is 4.90. The molecule has 1 unspecified atom stereocenters. The van der Waals surface area contributed by atoms with Crippen LogP contribution >= 0.6 is 17.1 Å². The minimum Gasteiger partial charge on any atom is -0.387 e. The summed E-state index contributed by atoms with van der Waals surface area (Å²) in [5.74, 6) is 0. The molecule has 0 saturated carbocycles. The van der Waals surface area contributed by atoms with Gasteiger partial charge in [0.1, 0.15) is 18.3 Å². The molecule has 0 bridgehead atoms.